The number of fused-ring (bicyclic) bond motifs is 2. The van der Waals surface area contributed by atoms with Crippen LogP contribution in [0.1, 0.15) is 5.56 Å². The molecule has 9 N–H and O–H groups in total. The van der Waals surface area contributed by atoms with Crippen LogP contribution in [0.2, 0.25) is 0 Å². The van der Waals surface area contributed by atoms with Crippen molar-refractivity contribution in [3.8, 4) is 17.2 Å². The number of phenols is 2. The molecule has 0 unspecified atom stereocenters. The van der Waals surface area contributed by atoms with E-state index in [0.29, 0.717) is 86.3 Å². The Bertz CT molecular complexity index is 3130. The summed E-state index contributed by atoms with van der Waals surface area (Å²) in [5, 5.41) is 89.5. The number of aromatic hydroxyl groups is 2. The zero-order valence-electron chi connectivity index (χ0n) is 33.9. The van der Waals surface area contributed by atoms with E-state index < -0.39 is 20.8 Å². The molecule has 7 aromatic carbocycles. The lowest BCUT2D eigenvalue weighted by Crippen LogP contribution is -2.08. The van der Waals surface area contributed by atoms with Gasteiger partial charge in [0.1, 0.15) is 33.5 Å². The van der Waals surface area contributed by atoms with Crippen molar-refractivity contribution < 1.29 is 71.8 Å². The van der Waals surface area contributed by atoms with E-state index in [1.165, 1.54) is 18.2 Å². The van der Waals surface area contributed by atoms with Gasteiger partial charge in [-0.25, -0.2) is 15.8 Å². The predicted octanol–water partition coefficient (Wildman–Crippen LogP) is 12.5. The maximum absolute atomic E-state index is 12.2. The number of benzene rings is 7. The fourth-order valence-electron chi connectivity index (χ4n) is 6.07. The molecule has 0 aliphatic carbocycles. The van der Waals surface area contributed by atoms with Gasteiger partial charge in [-0.1, -0.05) is 21.2 Å². The molecule has 7 aromatic rings. The van der Waals surface area contributed by atoms with Gasteiger partial charge in [0.05, 0.1) is 63.0 Å². The van der Waals surface area contributed by atoms with Crippen LogP contribution in [0.25, 0.3) is 21.5 Å². The van der Waals surface area contributed by atoms with Gasteiger partial charge in [0, 0.05) is 33.1 Å². The highest BCUT2D eigenvalue weighted by Gasteiger charge is 2.19. The van der Waals surface area contributed by atoms with Crippen LogP contribution in [0, 0.1) is 6.92 Å². The molecular formula is C40H32N8O15S4. The molecule has 0 amide bonds. The number of hydrogen-bond donors (Lipinski definition) is 8. The van der Waals surface area contributed by atoms with E-state index >= 15 is 0 Å². The molecule has 346 valence electrons. The molecule has 0 aliphatic rings. The molecule has 0 radical (unpaired) electrons. The van der Waals surface area contributed by atoms with E-state index in [1.54, 1.807) is 91.9 Å². The number of nitrogens with one attached hydrogen (secondary N) is 1. The smallest absolute Gasteiger partial charge is 0.295 e. The largest absolute Gasteiger partial charge is 0.506 e. The first-order chi connectivity index (χ1) is 32.3. The number of aryl methyl sites for hydroxylation is 1. The Morgan fingerprint density at radius 1 is 0.627 bits per heavy atom. The molecule has 0 saturated heterocycles. The zero-order valence-corrected chi connectivity index (χ0v) is 37.1. The summed E-state index contributed by atoms with van der Waals surface area (Å²) >= 11 is 1.54. The first kappa shape index (κ1) is 48.4. The minimum atomic E-state index is -4.69. The SMILES string of the molecule is Cc1cc(N=Nc2cc(O)c(N=Nc3c(SOOO)cc4cc(NCOc5ccc(N)cc5)ccc4c3O)cc2SOOO)ccc1N=Nc1ccc2cc(SOOO)cc(S(=O)(=O)O)c2c1. The van der Waals surface area contributed by atoms with Crippen molar-refractivity contribution in [2.45, 2.75) is 26.5 Å². The number of azo groups is 3. The highest BCUT2D eigenvalue weighted by atomic mass is 32.2. The van der Waals surface area contributed by atoms with Crippen LogP contribution in [0.5, 0.6) is 17.2 Å². The Hall–Kier alpha value is -6.54. The number of nitrogens with two attached hydrogens (primary N) is 1. The molecule has 0 bridgehead atoms. The van der Waals surface area contributed by atoms with Gasteiger partial charge in [0.15, 0.2) is 12.5 Å². The topological polar surface area (TPSA) is 332 Å². The highest BCUT2D eigenvalue weighted by Crippen LogP contribution is 2.46. The molecule has 0 heterocycles. The van der Waals surface area contributed by atoms with Crippen molar-refractivity contribution in [1.29, 1.82) is 0 Å². The minimum absolute atomic E-state index is 0.0435. The van der Waals surface area contributed by atoms with Crippen molar-refractivity contribution >= 4 is 113 Å². The number of nitrogen functional groups attached to an aromatic ring is 1. The van der Waals surface area contributed by atoms with Crippen LogP contribution in [-0.4, -0.2) is 45.7 Å². The predicted molar refractivity (Wildman–Crippen MR) is 243 cm³/mol. The second kappa shape index (κ2) is 22.3. The van der Waals surface area contributed by atoms with Crippen LogP contribution in [0.15, 0.2) is 159 Å². The molecule has 0 saturated carbocycles. The van der Waals surface area contributed by atoms with Gasteiger partial charge in [0.25, 0.3) is 10.1 Å². The van der Waals surface area contributed by atoms with Gasteiger partial charge in [0.2, 0.25) is 0 Å². The van der Waals surface area contributed by atoms with Crippen LogP contribution >= 0.6 is 36.1 Å². The maximum atomic E-state index is 12.2. The molecule has 0 aromatic heterocycles. The zero-order chi connectivity index (χ0) is 47.5. The Labute approximate surface area is 390 Å². The fraction of sp³-hybridized carbons (Fsp3) is 0.0500. The molecule has 0 atom stereocenters. The lowest BCUT2D eigenvalue weighted by atomic mass is 10.1. The summed E-state index contributed by atoms with van der Waals surface area (Å²) in [6.45, 7) is 1.85. The van der Waals surface area contributed by atoms with Crippen molar-refractivity contribution in [2.75, 3.05) is 17.8 Å². The third-order valence-corrected chi connectivity index (χ3v) is 11.8. The van der Waals surface area contributed by atoms with Crippen molar-refractivity contribution in [3.63, 3.8) is 0 Å². The van der Waals surface area contributed by atoms with Crippen molar-refractivity contribution in [2.24, 2.45) is 30.7 Å². The fourth-order valence-corrected chi connectivity index (χ4v) is 8.27. The van der Waals surface area contributed by atoms with Crippen LogP contribution < -0.4 is 15.8 Å². The maximum Gasteiger partial charge on any atom is 0.295 e. The third kappa shape index (κ3) is 12.5. The van der Waals surface area contributed by atoms with Crippen molar-refractivity contribution in [1.82, 2.24) is 0 Å². The molecule has 23 nitrogen and oxygen atoms in total. The van der Waals surface area contributed by atoms with Gasteiger partial charge in [-0.15, -0.1) is 28.3 Å². The van der Waals surface area contributed by atoms with Gasteiger partial charge in [-0.05, 0) is 120 Å². The Morgan fingerprint density at radius 2 is 1.30 bits per heavy atom. The number of ether oxygens (including phenoxy) is 1. The average Bonchev–Trinajstić information content (AvgIpc) is 3.31. The molecule has 27 heteroatoms. The number of phenolic OH excluding ortho intramolecular Hbond substituents is 2. The molecular weight excluding hydrogens is 961 g/mol. The summed E-state index contributed by atoms with van der Waals surface area (Å²) in [6.07, 6.45) is 0. The summed E-state index contributed by atoms with van der Waals surface area (Å²) in [5.74, 6) is -0.151. The summed E-state index contributed by atoms with van der Waals surface area (Å²) in [5.41, 5.74) is 8.40. The van der Waals surface area contributed by atoms with Crippen LogP contribution in [0.3, 0.4) is 0 Å². The summed E-state index contributed by atoms with van der Waals surface area (Å²) < 4.78 is 53.6. The van der Waals surface area contributed by atoms with E-state index in [9.17, 15) is 23.2 Å². The Morgan fingerprint density at radius 3 is 2.01 bits per heavy atom. The van der Waals surface area contributed by atoms with E-state index in [1.807, 2.05) is 0 Å². The van der Waals surface area contributed by atoms with Gasteiger partial charge in [-0.2, -0.15) is 23.8 Å². The number of anilines is 2. The van der Waals surface area contributed by atoms with E-state index in [-0.39, 0.29) is 55.3 Å². The average molecular weight is 993 g/mol. The normalized spacial score (nSPS) is 12.1. The van der Waals surface area contributed by atoms with E-state index in [4.69, 9.17) is 26.2 Å². The van der Waals surface area contributed by atoms with Gasteiger partial charge in [-0.3, -0.25) is 4.55 Å². The Balaban J connectivity index is 1.09. The third-order valence-electron chi connectivity index (χ3n) is 9.11. The first-order valence-corrected chi connectivity index (χ1v) is 22.2. The van der Waals surface area contributed by atoms with E-state index in [2.05, 4.69) is 64.1 Å². The summed E-state index contributed by atoms with van der Waals surface area (Å²) in [7, 11) is -4.69. The number of hydrogen-bond acceptors (Lipinski definition) is 25. The lowest BCUT2D eigenvalue weighted by Gasteiger charge is -2.12. The summed E-state index contributed by atoms with van der Waals surface area (Å²) in [4.78, 5) is 0.0720. The molecule has 67 heavy (non-hydrogen) atoms. The minimum Gasteiger partial charge on any atom is -0.506 e. The molecule has 7 rings (SSSR count). The second-order valence-electron chi connectivity index (χ2n) is 13.4. The standard InChI is InChI=1S/C40H32N8O15S4/c1-21-12-26(7-11-32(21)45-44-27-5-2-22-14-29(64-61-58-51)17-38(31(22)16-27)67(54,55)56)43-47-34-18-35(49)33(19-36(34)65-62-59-52)46-48-39-37(66-63-60-53)15-23-13-25(6-10-30(23)40(39)50)42-20-57-28-8-3-24(41)4-9-28/h2-19,42,49-53H,20,41H2,1H3,(H,54,55,56). The molecule has 0 spiro atoms. The monoisotopic (exact) mass is 992 g/mol. The quantitative estimate of drug-likeness (QED) is 0.00669. The highest BCUT2D eigenvalue weighted by molar-refractivity contribution is 7.95. The van der Waals surface area contributed by atoms with E-state index in [0.717, 1.165) is 6.07 Å². The van der Waals surface area contributed by atoms with Crippen LogP contribution in [-0.2, 0) is 38.2 Å². The van der Waals surface area contributed by atoms with Gasteiger partial charge >= 0.3 is 0 Å². The number of nitrogens with zero attached hydrogens (tertiary/aromatic N) is 6. The van der Waals surface area contributed by atoms with Crippen LogP contribution in [0.4, 0.5) is 45.5 Å². The second-order valence-corrected chi connectivity index (χ2v) is 17.1. The first-order valence-electron chi connectivity index (χ1n) is 18.6. The number of rotatable bonds is 20. The Kier molecular flexibility index (Phi) is 16.1. The summed E-state index contributed by atoms with van der Waals surface area (Å²) in [6, 6.07) is 28.1. The van der Waals surface area contributed by atoms with Gasteiger partial charge < -0.3 is 26.0 Å². The molecule has 0 aliphatic heterocycles. The molecule has 0 fully saturated rings. The lowest BCUT2D eigenvalue weighted by molar-refractivity contribution is -0.432. The van der Waals surface area contributed by atoms with Crippen molar-refractivity contribution in [3.05, 3.63) is 115 Å².